The Bertz CT molecular complexity index is 897. The van der Waals surface area contributed by atoms with E-state index in [9.17, 15) is 17.6 Å². The second-order valence-electron chi connectivity index (χ2n) is 6.08. The molecule has 0 saturated heterocycles. The van der Waals surface area contributed by atoms with Gasteiger partial charge in [0.1, 0.15) is 11.9 Å². The lowest BCUT2D eigenvalue weighted by Gasteiger charge is -2.31. The fraction of sp³-hybridized carbons (Fsp3) is 0.278. The van der Waals surface area contributed by atoms with Gasteiger partial charge in [0.05, 0.1) is 11.9 Å². The van der Waals surface area contributed by atoms with Crippen molar-refractivity contribution in [2.45, 2.75) is 19.4 Å². The first-order valence-corrected chi connectivity index (χ1v) is 9.78. The van der Waals surface area contributed by atoms with Crippen LogP contribution < -0.4 is 9.21 Å². The Balaban J connectivity index is 1.95. The van der Waals surface area contributed by atoms with Crippen LogP contribution in [0.2, 0.25) is 0 Å². The highest BCUT2D eigenvalue weighted by Crippen LogP contribution is 2.30. The summed E-state index contributed by atoms with van der Waals surface area (Å²) in [4.78, 5) is 14.6. The summed E-state index contributed by atoms with van der Waals surface area (Å²) in [5, 5.41) is 0. The SMILES string of the molecule is C[C@@H](C(=O)N1CCc2ccccc21)N(c1ccc(F)cc1)S(C)(=O)=O. The van der Waals surface area contributed by atoms with Gasteiger partial charge in [-0.05, 0) is 49.2 Å². The number of halogens is 1. The summed E-state index contributed by atoms with van der Waals surface area (Å²) in [6.07, 6.45) is 1.78. The normalized spacial score (nSPS) is 14.9. The molecule has 1 aliphatic heterocycles. The quantitative estimate of drug-likeness (QED) is 0.840. The predicted octanol–water partition coefficient (Wildman–Crippen LogP) is 2.57. The van der Waals surface area contributed by atoms with Gasteiger partial charge >= 0.3 is 0 Å². The number of carbonyl (C=O) groups is 1. The second kappa shape index (κ2) is 6.48. The molecule has 0 N–H and O–H groups in total. The molecule has 2 aromatic rings. The van der Waals surface area contributed by atoms with E-state index in [0.717, 1.165) is 28.2 Å². The fourth-order valence-corrected chi connectivity index (χ4v) is 4.35. The molecule has 0 aliphatic carbocycles. The number of amides is 1. The van der Waals surface area contributed by atoms with Crippen LogP contribution in [0.15, 0.2) is 48.5 Å². The highest BCUT2D eigenvalue weighted by molar-refractivity contribution is 7.92. The molecule has 0 fully saturated rings. The van der Waals surface area contributed by atoms with E-state index in [1.54, 1.807) is 11.8 Å². The molecule has 0 spiro atoms. The van der Waals surface area contributed by atoms with Crippen molar-refractivity contribution in [1.82, 2.24) is 0 Å². The number of para-hydroxylation sites is 1. The van der Waals surface area contributed by atoms with Gasteiger partial charge in [-0.2, -0.15) is 0 Å². The summed E-state index contributed by atoms with van der Waals surface area (Å²) in [5.41, 5.74) is 2.14. The van der Waals surface area contributed by atoms with Crippen LogP contribution in [0.4, 0.5) is 15.8 Å². The molecule has 1 heterocycles. The minimum atomic E-state index is -3.72. The van der Waals surface area contributed by atoms with Crippen molar-refractivity contribution in [2.75, 3.05) is 22.0 Å². The van der Waals surface area contributed by atoms with Crippen LogP contribution in [-0.2, 0) is 21.2 Å². The summed E-state index contributed by atoms with van der Waals surface area (Å²) < 4.78 is 38.8. The average Bonchev–Trinajstić information content (AvgIpc) is 2.99. The highest BCUT2D eigenvalue weighted by atomic mass is 32.2. The Morgan fingerprint density at radius 1 is 1.16 bits per heavy atom. The standard InChI is InChI=1S/C18H19FN2O3S/c1-13(18(22)20-12-11-14-5-3-4-6-17(14)20)21(25(2,23)24)16-9-7-15(19)8-10-16/h3-10,13H,11-12H2,1-2H3/t13-/m0/s1. The van der Waals surface area contributed by atoms with Crippen LogP contribution in [0, 0.1) is 5.82 Å². The van der Waals surface area contributed by atoms with Crippen LogP contribution in [0.1, 0.15) is 12.5 Å². The molecule has 0 unspecified atom stereocenters. The predicted molar refractivity (Wildman–Crippen MR) is 95.7 cm³/mol. The zero-order valence-corrected chi connectivity index (χ0v) is 14.8. The van der Waals surface area contributed by atoms with E-state index in [4.69, 9.17) is 0 Å². The summed E-state index contributed by atoms with van der Waals surface area (Å²) in [5.74, 6) is -0.774. The van der Waals surface area contributed by atoms with Crippen LogP contribution in [0.5, 0.6) is 0 Å². The van der Waals surface area contributed by atoms with Gasteiger partial charge in [0.25, 0.3) is 5.91 Å². The monoisotopic (exact) mass is 362 g/mol. The molecule has 1 amide bonds. The van der Waals surface area contributed by atoms with Crippen molar-refractivity contribution in [2.24, 2.45) is 0 Å². The largest absolute Gasteiger partial charge is 0.310 e. The van der Waals surface area contributed by atoms with Crippen molar-refractivity contribution in [1.29, 1.82) is 0 Å². The maximum absolute atomic E-state index is 13.2. The second-order valence-corrected chi connectivity index (χ2v) is 7.94. The molecule has 1 aliphatic rings. The number of fused-ring (bicyclic) bond motifs is 1. The van der Waals surface area contributed by atoms with Gasteiger partial charge in [0, 0.05) is 12.2 Å². The lowest BCUT2D eigenvalue weighted by molar-refractivity contribution is -0.119. The molecule has 0 bridgehead atoms. The number of hydrogen-bond donors (Lipinski definition) is 0. The summed E-state index contributed by atoms with van der Waals surface area (Å²) in [6.45, 7) is 2.07. The van der Waals surface area contributed by atoms with E-state index in [-0.39, 0.29) is 11.6 Å². The van der Waals surface area contributed by atoms with Crippen molar-refractivity contribution in [3.8, 4) is 0 Å². The van der Waals surface area contributed by atoms with Gasteiger partial charge in [-0.15, -0.1) is 0 Å². The van der Waals surface area contributed by atoms with Gasteiger partial charge in [0.2, 0.25) is 10.0 Å². The third-order valence-electron chi connectivity index (χ3n) is 4.30. The molecule has 0 radical (unpaired) electrons. The number of nitrogens with zero attached hydrogens (tertiary/aromatic N) is 2. The van der Waals surface area contributed by atoms with Crippen LogP contribution >= 0.6 is 0 Å². The van der Waals surface area contributed by atoms with Gasteiger partial charge < -0.3 is 4.90 Å². The van der Waals surface area contributed by atoms with Gasteiger partial charge in [0.15, 0.2) is 0 Å². The smallest absolute Gasteiger partial charge is 0.250 e. The highest BCUT2D eigenvalue weighted by Gasteiger charge is 2.34. The minimum Gasteiger partial charge on any atom is -0.310 e. The third-order valence-corrected chi connectivity index (χ3v) is 5.54. The molecule has 1 atom stereocenters. The zero-order chi connectivity index (χ0) is 18.2. The number of carbonyl (C=O) groups excluding carboxylic acids is 1. The Hall–Kier alpha value is -2.41. The maximum atomic E-state index is 13.2. The molecule has 0 aromatic heterocycles. The van der Waals surface area contributed by atoms with E-state index in [1.165, 1.54) is 24.3 Å². The first-order valence-electron chi connectivity index (χ1n) is 7.93. The van der Waals surface area contributed by atoms with Gasteiger partial charge in [-0.1, -0.05) is 18.2 Å². The Labute approximate surface area is 146 Å². The maximum Gasteiger partial charge on any atom is 0.250 e. The van der Waals surface area contributed by atoms with Crippen molar-refractivity contribution in [3.05, 3.63) is 59.9 Å². The Morgan fingerprint density at radius 2 is 1.80 bits per heavy atom. The van der Waals surface area contributed by atoms with E-state index in [0.29, 0.717) is 6.54 Å². The number of sulfonamides is 1. The third kappa shape index (κ3) is 3.37. The van der Waals surface area contributed by atoms with Crippen molar-refractivity contribution < 1.29 is 17.6 Å². The van der Waals surface area contributed by atoms with E-state index < -0.39 is 21.9 Å². The lowest BCUT2D eigenvalue weighted by Crippen LogP contribution is -2.49. The Kier molecular flexibility index (Phi) is 4.51. The van der Waals surface area contributed by atoms with Gasteiger partial charge in [-0.25, -0.2) is 12.8 Å². The van der Waals surface area contributed by atoms with Crippen molar-refractivity contribution >= 4 is 27.3 Å². The minimum absolute atomic E-state index is 0.261. The molecule has 7 heteroatoms. The molecular weight excluding hydrogens is 343 g/mol. The summed E-state index contributed by atoms with van der Waals surface area (Å²) >= 11 is 0. The average molecular weight is 362 g/mol. The topological polar surface area (TPSA) is 57.7 Å². The van der Waals surface area contributed by atoms with E-state index in [2.05, 4.69) is 0 Å². The first-order chi connectivity index (χ1) is 11.8. The molecular formula is C18H19FN2O3S. The molecule has 0 saturated carbocycles. The number of hydrogen-bond acceptors (Lipinski definition) is 3. The van der Waals surface area contributed by atoms with Crippen LogP contribution in [-0.4, -0.2) is 33.2 Å². The van der Waals surface area contributed by atoms with E-state index in [1.807, 2.05) is 24.3 Å². The van der Waals surface area contributed by atoms with Crippen molar-refractivity contribution in [3.63, 3.8) is 0 Å². The fourth-order valence-electron chi connectivity index (χ4n) is 3.18. The zero-order valence-electron chi connectivity index (χ0n) is 14.0. The molecule has 2 aromatic carbocycles. The summed E-state index contributed by atoms with van der Waals surface area (Å²) in [7, 11) is -3.72. The van der Waals surface area contributed by atoms with Crippen LogP contribution in [0.25, 0.3) is 0 Å². The van der Waals surface area contributed by atoms with Crippen LogP contribution in [0.3, 0.4) is 0 Å². The van der Waals surface area contributed by atoms with E-state index >= 15 is 0 Å². The molecule has 3 rings (SSSR count). The Morgan fingerprint density at radius 3 is 2.44 bits per heavy atom. The number of benzene rings is 2. The number of anilines is 2. The lowest BCUT2D eigenvalue weighted by atomic mass is 10.2. The first kappa shape index (κ1) is 17.4. The molecule has 25 heavy (non-hydrogen) atoms. The molecule has 5 nitrogen and oxygen atoms in total. The number of rotatable bonds is 4. The molecule has 132 valence electrons. The summed E-state index contributed by atoms with van der Waals surface area (Å²) in [6, 6.07) is 11.7. The van der Waals surface area contributed by atoms with Gasteiger partial charge in [-0.3, -0.25) is 9.10 Å².